The second-order valence-electron chi connectivity index (χ2n) is 6.51. The Labute approximate surface area is 168 Å². The molecule has 0 bridgehead atoms. The zero-order valence-corrected chi connectivity index (χ0v) is 17.1. The van der Waals surface area contributed by atoms with E-state index in [1.165, 1.54) is 21.9 Å². The van der Waals surface area contributed by atoms with Crippen LogP contribution < -0.4 is 15.8 Å². The van der Waals surface area contributed by atoms with E-state index < -0.39 is 0 Å². The molecule has 7 nitrogen and oxygen atoms in total. The number of nitrogens with one attached hydrogen (secondary N) is 1. The van der Waals surface area contributed by atoms with Crippen molar-refractivity contribution in [2.45, 2.75) is 32.4 Å². The minimum Gasteiger partial charge on any atom is -0.350 e. The van der Waals surface area contributed by atoms with Gasteiger partial charge in [-0.2, -0.15) is 4.52 Å². The molecule has 3 aromatic rings. The molecule has 140 valence electrons. The van der Waals surface area contributed by atoms with Crippen LogP contribution in [0.15, 0.2) is 39.6 Å². The Morgan fingerprint density at radius 1 is 1.41 bits per heavy atom. The number of fused-ring (bicyclic) bond motifs is 1. The lowest BCUT2D eigenvalue weighted by Gasteiger charge is -2.22. The van der Waals surface area contributed by atoms with Crippen LogP contribution in [0.1, 0.15) is 24.1 Å². The molecule has 3 heterocycles. The van der Waals surface area contributed by atoms with Gasteiger partial charge in [0.05, 0.1) is 0 Å². The quantitative estimate of drug-likeness (QED) is 0.664. The summed E-state index contributed by atoms with van der Waals surface area (Å²) in [4.78, 5) is 31.7. The molecule has 1 aliphatic rings. The molecule has 0 saturated carbocycles. The molecule has 1 amide bonds. The molecule has 9 heteroatoms. The van der Waals surface area contributed by atoms with Gasteiger partial charge in [-0.15, -0.1) is 5.10 Å². The standard InChI is InChI=1S/C18H18BrN5O2S/c1-11-8-15(25)24-17(21-11)27-18(22-24)23-7-3-6-14(23)16(26)20-10-12-4-2-5-13(19)9-12/h2,4-5,8-9,14H,3,6-7,10H2,1H3,(H,20,26)/t14-/m1/s1. The molecule has 1 fully saturated rings. The van der Waals surface area contributed by atoms with Crippen LogP contribution in [-0.2, 0) is 11.3 Å². The second kappa shape index (κ2) is 7.40. The van der Waals surface area contributed by atoms with Gasteiger partial charge in [0.15, 0.2) is 0 Å². The Bertz CT molecular complexity index is 1060. The maximum atomic E-state index is 12.8. The van der Waals surface area contributed by atoms with E-state index in [1.807, 2.05) is 29.2 Å². The van der Waals surface area contributed by atoms with Crippen molar-refractivity contribution in [2.24, 2.45) is 0 Å². The fourth-order valence-corrected chi connectivity index (χ4v) is 4.72. The highest BCUT2D eigenvalue weighted by Gasteiger charge is 2.33. The first-order chi connectivity index (χ1) is 13.0. The van der Waals surface area contributed by atoms with Crippen molar-refractivity contribution in [3.63, 3.8) is 0 Å². The van der Waals surface area contributed by atoms with Gasteiger partial charge < -0.3 is 10.2 Å². The third kappa shape index (κ3) is 3.74. The summed E-state index contributed by atoms with van der Waals surface area (Å²) in [5.74, 6) is -0.0248. The molecule has 1 aromatic carbocycles. The van der Waals surface area contributed by atoms with Crippen LogP contribution in [0.2, 0.25) is 0 Å². The third-order valence-electron chi connectivity index (χ3n) is 4.52. The van der Waals surface area contributed by atoms with E-state index in [1.54, 1.807) is 6.92 Å². The van der Waals surface area contributed by atoms with Crippen LogP contribution in [0.3, 0.4) is 0 Å². The van der Waals surface area contributed by atoms with Gasteiger partial charge in [-0.25, -0.2) is 4.98 Å². The van der Waals surface area contributed by atoms with E-state index >= 15 is 0 Å². The Balaban J connectivity index is 1.52. The number of hydrogen-bond acceptors (Lipinski definition) is 6. The molecule has 4 rings (SSSR count). The molecule has 0 aliphatic carbocycles. The van der Waals surface area contributed by atoms with Gasteiger partial charge in [0.1, 0.15) is 6.04 Å². The van der Waals surface area contributed by atoms with E-state index in [-0.39, 0.29) is 17.5 Å². The molecule has 0 radical (unpaired) electrons. The van der Waals surface area contributed by atoms with Crippen molar-refractivity contribution in [2.75, 3.05) is 11.4 Å². The number of hydrogen-bond donors (Lipinski definition) is 1. The molecule has 1 aliphatic heterocycles. The van der Waals surface area contributed by atoms with Gasteiger partial charge in [0.25, 0.3) is 5.56 Å². The number of halogens is 1. The van der Waals surface area contributed by atoms with E-state index in [4.69, 9.17) is 0 Å². The summed E-state index contributed by atoms with van der Waals surface area (Å²) >= 11 is 4.78. The minimum absolute atomic E-state index is 0.0248. The first-order valence-corrected chi connectivity index (χ1v) is 10.3. The maximum Gasteiger partial charge on any atom is 0.275 e. The Kier molecular flexibility index (Phi) is 4.96. The van der Waals surface area contributed by atoms with E-state index in [0.29, 0.717) is 22.3 Å². The van der Waals surface area contributed by atoms with E-state index in [9.17, 15) is 9.59 Å². The van der Waals surface area contributed by atoms with Crippen molar-refractivity contribution in [3.8, 4) is 0 Å². The smallest absolute Gasteiger partial charge is 0.275 e. The number of nitrogens with zero attached hydrogens (tertiary/aromatic N) is 4. The number of carbonyl (C=O) groups excluding carboxylic acids is 1. The van der Waals surface area contributed by atoms with Crippen LogP contribution in [-0.4, -0.2) is 33.1 Å². The first-order valence-electron chi connectivity index (χ1n) is 8.67. The molecule has 27 heavy (non-hydrogen) atoms. The predicted octanol–water partition coefficient (Wildman–Crippen LogP) is 2.51. The fraction of sp³-hybridized carbons (Fsp3) is 0.333. The highest BCUT2D eigenvalue weighted by Crippen LogP contribution is 2.29. The minimum atomic E-state index is -0.283. The van der Waals surface area contributed by atoms with Crippen molar-refractivity contribution in [1.29, 1.82) is 0 Å². The lowest BCUT2D eigenvalue weighted by molar-refractivity contribution is -0.122. The zero-order chi connectivity index (χ0) is 19.0. The Morgan fingerprint density at radius 2 is 2.26 bits per heavy atom. The number of carbonyl (C=O) groups is 1. The van der Waals surface area contributed by atoms with E-state index in [0.717, 1.165) is 29.4 Å². The van der Waals surface area contributed by atoms with Gasteiger partial charge in [-0.3, -0.25) is 9.59 Å². The summed E-state index contributed by atoms with van der Waals surface area (Å²) in [5, 5.41) is 8.07. The number of rotatable bonds is 4. The Hall–Kier alpha value is -2.26. The average Bonchev–Trinajstić information content (AvgIpc) is 3.26. The van der Waals surface area contributed by atoms with Crippen LogP contribution in [0.4, 0.5) is 5.13 Å². The van der Waals surface area contributed by atoms with Crippen LogP contribution >= 0.6 is 27.3 Å². The van der Waals surface area contributed by atoms with E-state index in [2.05, 4.69) is 31.3 Å². The van der Waals surface area contributed by atoms with Gasteiger partial charge >= 0.3 is 0 Å². The number of benzene rings is 1. The summed E-state index contributed by atoms with van der Waals surface area (Å²) in [6.45, 7) is 3.00. The van der Waals surface area contributed by atoms with Crippen molar-refractivity contribution >= 4 is 43.3 Å². The second-order valence-corrected chi connectivity index (χ2v) is 8.36. The van der Waals surface area contributed by atoms with Gasteiger partial charge in [-0.1, -0.05) is 39.4 Å². The number of aromatic nitrogens is 3. The molecule has 1 saturated heterocycles. The van der Waals surface area contributed by atoms with Crippen LogP contribution in [0.25, 0.3) is 4.96 Å². The first kappa shape index (κ1) is 18.1. The summed E-state index contributed by atoms with van der Waals surface area (Å²) in [6, 6.07) is 9.04. The molecule has 1 atom stereocenters. The Morgan fingerprint density at radius 3 is 3.07 bits per heavy atom. The highest BCUT2D eigenvalue weighted by atomic mass is 79.9. The lowest BCUT2D eigenvalue weighted by Crippen LogP contribution is -2.43. The predicted molar refractivity (Wildman–Crippen MR) is 108 cm³/mol. The summed E-state index contributed by atoms with van der Waals surface area (Å²) in [6.07, 6.45) is 1.67. The lowest BCUT2D eigenvalue weighted by atomic mass is 10.2. The monoisotopic (exact) mass is 447 g/mol. The molecular weight excluding hydrogens is 430 g/mol. The molecule has 0 unspecified atom stereocenters. The van der Waals surface area contributed by atoms with Crippen LogP contribution in [0.5, 0.6) is 0 Å². The topological polar surface area (TPSA) is 79.6 Å². The summed E-state index contributed by atoms with van der Waals surface area (Å²) < 4.78 is 2.29. The fourth-order valence-electron chi connectivity index (χ4n) is 3.25. The molecule has 1 N–H and O–H groups in total. The van der Waals surface area contributed by atoms with Gasteiger partial charge in [0, 0.05) is 29.3 Å². The SMILES string of the molecule is Cc1cc(=O)n2nc(N3CCC[C@@H]3C(=O)NCc3cccc(Br)c3)sc2n1. The zero-order valence-electron chi connectivity index (χ0n) is 14.7. The number of aryl methyl sites for hydroxylation is 1. The average molecular weight is 448 g/mol. The van der Waals surface area contributed by atoms with Gasteiger partial charge in [0.2, 0.25) is 16.0 Å². The molecule has 2 aromatic heterocycles. The maximum absolute atomic E-state index is 12.8. The number of amides is 1. The van der Waals surface area contributed by atoms with Crippen molar-refractivity contribution in [1.82, 2.24) is 19.9 Å². The third-order valence-corrected chi connectivity index (χ3v) is 5.96. The van der Waals surface area contributed by atoms with Crippen molar-refractivity contribution < 1.29 is 4.79 Å². The molecular formula is C18H18BrN5O2S. The van der Waals surface area contributed by atoms with Gasteiger partial charge in [-0.05, 0) is 37.5 Å². The van der Waals surface area contributed by atoms with Crippen molar-refractivity contribution in [3.05, 3.63) is 56.4 Å². The summed E-state index contributed by atoms with van der Waals surface area (Å²) in [7, 11) is 0. The summed E-state index contributed by atoms with van der Waals surface area (Å²) in [5.41, 5.74) is 1.50. The molecule has 0 spiro atoms. The number of anilines is 1. The largest absolute Gasteiger partial charge is 0.350 e. The normalized spacial score (nSPS) is 16.8. The highest BCUT2D eigenvalue weighted by molar-refractivity contribution is 9.10. The van der Waals surface area contributed by atoms with Crippen LogP contribution in [0, 0.1) is 6.92 Å².